The van der Waals surface area contributed by atoms with Gasteiger partial charge in [-0.15, -0.1) is 0 Å². The highest BCUT2D eigenvalue weighted by Crippen LogP contribution is 2.29. The lowest BCUT2D eigenvalue weighted by molar-refractivity contribution is 0.242. The van der Waals surface area contributed by atoms with Crippen LogP contribution in [-0.4, -0.2) is 11.4 Å². The van der Waals surface area contributed by atoms with Crippen LogP contribution in [0.4, 0.5) is 0 Å². The van der Waals surface area contributed by atoms with Crippen LogP contribution in [0.1, 0.15) is 39.7 Å². The minimum Gasteiger partial charge on any atom is -0.491 e. The molecule has 0 spiro atoms. The molecule has 0 radical (unpaired) electrons. The molecule has 0 saturated heterocycles. The minimum atomic E-state index is 0.222. The third kappa shape index (κ3) is 3.82. The van der Waals surface area contributed by atoms with Crippen LogP contribution in [0.25, 0.3) is 0 Å². The maximum absolute atomic E-state index is 5.63. The van der Waals surface area contributed by atoms with Crippen molar-refractivity contribution in [1.82, 2.24) is 0 Å². The zero-order valence-corrected chi connectivity index (χ0v) is 12.2. The Bertz CT molecular complexity index is 314. The molecule has 16 heavy (non-hydrogen) atoms. The molecule has 0 amide bonds. The number of halogens is 1. The van der Waals surface area contributed by atoms with E-state index in [0.29, 0.717) is 0 Å². The molecule has 0 aliphatic carbocycles. The highest BCUT2D eigenvalue weighted by atomic mass is 79.9. The molecule has 0 N–H and O–H groups in total. The van der Waals surface area contributed by atoms with Gasteiger partial charge in [-0.05, 0) is 43.4 Å². The van der Waals surface area contributed by atoms with Crippen molar-refractivity contribution in [3.05, 3.63) is 29.8 Å². The van der Waals surface area contributed by atoms with Gasteiger partial charge in [0.1, 0.15) is 5.75 Å². The third-order valence-electron chi connectivity index (χ3n) is 2.73. The summed E-state index contributed by atoms with van der Waals surface area (Å²) in [6.45, 7) is 8.63. The van der Waals surface area contributed by atoms with E-state index in [4.69, 9.17) is 4.74 Å². The first-order valence-corrected chi connectivity index (χ1v) is 6.91. The second-order valence-corrected chi connectivity index (χ2v) is 5.81. The quantitative estimate of drug-likeness (QED) is 0.722. The fourth-order valence-corrected chi connectivity index (χ4v) is 2.63. The number of rotatable bonds is 5. The summed E-state index contributed by atoms with van der Waals surface area (Å²) in [6, 6.07) is 8.46. The average molecular weight is 285 g/mol. The van der Waals surface area contributed by atoms with E-state index in [2.05, 4.69) is 54.0 Å². The zero-order valence-electron chi connectivity index (χ0n) is 10.6. The van der Waals surface area contributed by atoms with Crippen LogP contribution in [0.2, 0.25) is 0 Å². The molecule has 1 rings (SSSR count). The van der Waals surface area contributed by atoms with E-state index in [1.54, 1.807) is 0 Å². The van der Waals surface area contributed by atoms with Gasteiger partial charge in [0.25, 0.3) is 0 Å². The van der Waals surface area contributed by atoms with Crippen LogP contribution >= 0.6 is 15.9 Å². The fraction of sp³-hybridized carbons (Fsp3) is 0.571. The van der Waals surface area contributed by atoms with Crippen molar-refractivity contribution >= 4 is 15.9 Å². The molecule has 0 unspecified atom stereocenters. The van der Waals surface area contributed by atoms with E-state index in [0.717, 1.165) is 17.5 Å². The molecular formula is C14H21BrO. The number of benzene rings is 1. The Balaban J connectivity index is 2.78. The Morgan fingerprint density at radius 1 is 1.19 bits per heavy atom. The van der Waals surface area contributed by atoms with Crippen molar-refractivity contribution in [3.63, 3.8) is 0 Å². The van der Waals surface area contributed by atoms with Crippen molar-refractivity contribution in [1.29, 1.82) is 0 Å². The van der Waals surface area contributed by atoms with Gasteiger partial charge in [0.15, 0.2) is 0 Å². The molecule has 0 fully saturated rings. The van der Waals surface area contributed by atoms with Crippen molar-refractivity contribution in [2.24, 2.45) is 0 Å². The van der Waals surface area contributed by atoms with E-state index in [9.17, 15) is 0 Å². The topological polar surface area (TPSA) is 9.23 Å². The number of alkyl halides is 1. The number of hydrogen-bond donors (Lipinski definition) is 0. The van der Waals surface area contributed by atoms with Gasteiger partial charge < -0.3 is 4.74 Å². The van der Waals surface area contributed by atoms with E-state index in [1.807, 2.05) is 13.8 Å². The fourth-order valence-electron chi connectivity index (χ4n) is 1.64. The highest BCUT2D eigenvalue weighted by Gasteiger charge is 2.19. The average Bonchev–Trinajstić information content (AvgIpc) is 2.17. The van der Waals surface area contributed by atoms with E-state index >= 15 is 0 Å². The molecule has 0 bridgehead atoms. The van der Waals surface area contributed by atoms with E-state index < -0.39 is 0 Å². The Morgan fingerprint density at radius 2 is 1.75 bits per heavy atom. The van der Waals surface area contributed by atoms with E-state index in [-0.39, 0.29) is 11.5 Å². The van der Waals surface area contributed by atoms with Gasteiger partial charge >= 0.3 is 0 Å². The predicted molar refractivity (Wildman–Crippen MR) is 73.6 cm³/mol. The zero-order chi connectivity index (χ0) is 12.2. The molecule has 0 atom stereocenters. The largest absolute Gasteiger partial charge is 0.491 e. The molecule has 1 nitrogen and oxygen atoms in total. The van der Waals surface area contributed by atoms with Gasteiger partial charge in [-0.1, -0.05) is 41.9 Å². The molecule has 0 aliphatic heterocycles. The Kier molecular flexibility index (Phi) is 4.85. The summed E-state index contributed by atoms with van der Waals surface area (Å²) in [6.07, 6.45) is 1.37. The lowest BCUT2D eigenvalue weighted by Crippen LogP contribution is -2.17. The van der Waals surface area contributed by atoms with Crippen molar-refractivity contribution in [3.8, 4) is 5.75 Å². The van der Waals surface area contributed by atoms with Crippen molar-refractivity contribution < 1.29 is 4.74 Å². The monoisotopic (exact) mass is 284 g/mol. The van der Waals surface area contributed by atoms with Gasteiger partial charge in [-0.25, -0.2) is 0 Å². The summed E-state index contributed by atoms with van der Waals surface area (Å²) in [4.78, 5) is 0. The van der Waals surface area contributed by atoms with Crippen LogP contribution in [-0.2, 0) is 5.41 Å². The maximum atomic E-state index is 5.63. The second-order valence-electron chi connectivity index (χ2n) is 5.01. The first kappa shape index (κ1) is 13.6. The molecule has 1 aromatic carbocycles. The summed E-state index contributed by atoms with van der Waals surface area (Å²) in [5, 5.41) is 1.03. The summed E-state index contributed by atoms with van der Waals surface area (Å²) in [5.74, 6) is 0.952. The SMILES string of the molecule is CC(C)Oc1ccc(C(C)(C)CCBr)cc1. The van der Waals surface area contributed by atoms with Gasteiger partial charge in [-0.2, -0.15) is 0 Å². The van der Waals surface area contributed by atoms with Crippen LogP contribution in [0.15, 0.2) is 24.3 Å². The molecular weight excluding hydrogens is 264 g/mol. The molecule has 90 valence electrons. The second kappa shape index (κ2) is 5.72. The van der Waals surface area contributed by atoms with E-state index in [1.165, 1.54) is 5.56 Å². The smallest absolute Gasteiger partial charge is 0.119 e. The van der Waals surface area contributed by atoms with Crippen LogP contribution in [0.3, 0.4) is 0 Å². The summed E-state index contributed by atoms with van der Waals surface area (Å²) in [7, 11) is 0. The van der Waals surface area contributed by atoms with Crippen molar-refractivity contribution in [2.75, 3.05) is 5.33 Å². The van der Waals surface area contributed by atoms with Crippen LogP contribution in [0, 0.1) is 0 Å². The molecule has 0 aromatic heterocycles. The summed E-state index contributed by atoms with van der Waals surface area (Å²) in [5.41, 5.74) is 1.59. The lowest BCUT2D eigenvalue weighted by Gasteiger charge is -2.24. The Labute approximate surface area is 107 Å². The number of hydrogen-bond acceptors (Lipinski definition) is 1. The predicted octanol–water partition coefficient (Wildman–Crippen LogP) is 4.54. The lowest BCUT2D eigenvalue weighted by atomic mass is 9.82. The Hall–Kier alpha value is -0.500. The maximum Gasteiger partial charge on any atom is 0.119 e. The van der Waals surface area contributed by atoms with Gasteiger partial charge in [0.05, 0.1) is 6.10 Å². The minimum absolute atomic E-state index is 0.222. The highest BCUT2D eigenvalue weighted by molar-refractivity contribution is 9.09. The van der Waals surface area contributed by atoms with Crippen molar-refractivity contribution in [2.45, 2.75) is 45.6 Å². The summed E-state index contributed by atoms with van der Waals surface area (Å²) >= 11 is 3.50. The Morgan fingerprint density at radius 3 is 2.19 bits per heavy atom. The molecule has 0 saturated carbocycles. The molecule has 0 heterocycles. The molecule has 0 aliphatic rings. The van der Waals surface area contributed by atoms with Gasteiger partial charge in [-0.3, -0.25) is 0 Å². The third-order valence-corrected chi connectivity index (χ3v) is 3.12. The van der Waals surface area contributed by atoms with Gasteiger partial charge in [0.2, 0.25) is 0 Å². The van der Waals surface area contributed by atoms with Crippen LogP contribution < -0.4 is 4.74 Å². The van der Waals surface area contributed by atoms with Gasteiger partial charge in [0, 0.05) is 5.33 Å². The number of ether oxygens (including phenoxy) is 1. The van der Waals surface area contributed by atoms with Crippen LogP contribution in [0.5, 0.6) is 5.75 Å². The molecule has 2 heteroatoms. The first-order chi connectivity index (χ1) is 7.45. The standard InChI is InChI=1S/C14H21BrO/c1-11(2)16-13-7-5-12(6-8-13)14(3,4)9-10-15/h5-8,11H,9-10H2,1-4H3. The normalized spacial score (nSPS) is 11.9. The summed E-state index contributed by atoms with van der Waals surface area (Å²) < 4.78 is 5.63. The molecule has 1 aromatic rings. The first-order valence-electron chi connectivity index (χ1n) is 5.79.